The lowest BCUT2D eigenvalue weighted by Gasteiger charge is -2.38. The molecule has 0 atom stereocenters. The van der Waals surface area contributed by atoms with Crippen LogP contribution < -0.4 is 10.5 Å². The fraction of sp³-hybridized carbons (Fsp3) is 0.391. The second-order valence-electron chi connectivity index (χ2n) is 7.88. The van der Waals surface area contributed by atoms with Gasteiger partial charge in [0.15, 0.2) is 0 Å². The highest BCUT2D eigenvalue weighted by Crippen LogP contribution is 2.24. The molecule has 1 amide bonds. The first-order valence-electron chi connectivity index (χ1n) is 10.3. The number of nitrogens with zero attached hydrogens (tertiary/aromatic N) is 3. The molecule has 0 bridgehead atoms. The average molecular weight is 393 g/mol. The van der Waals surface area contributed by atoms with E-state index < -0.39 is 0 Å². The van der Waals surface area contributed by atoms with Crippen LogP contribution in [0.1, 0.15) is 35.7 Å². The number of anilines is 1. The minimum atomic E-state index is -0.119. The Bertz CT molecular complexity index is 1070. The molecule has 2 aromatic heterocycles. The molecule has 1 saturated heterocycles. The van der Waals surface area contributed by atoms with Crippen molar-refractivity contribution in [1.82, 2.24) is 14.5 Å². The summed E-state index contributed by atoms with van der Waals surface area (Å²) in [6.07, 6.45) is 6.28. The summed E-state index contributed by atoms with van der Waals surface area (Å²) in [5.74, 6) is -0.0315. The number of aromatic nitrogens is 2. The van der Waals surface area contributed by atoms with Gasteiger partial charge in [0, 0.05) is 56.7 Å². The highest BCUT2D eigenvalue weighted by Gasteiger charge is 2.27. The summed E-state index contributed by atoms with van der Waals surface area (Å²) >= 11 is 0. The van der Waals surface area contributed by atoms with Crippen LogP contribution in [0.3, 0.4) is 0 Å². The fourth-order valence-electron chi connectivity index (χ4n) is 4.25. The number of aryl methyl sites for hydroxylation is 2. The van der Waals surface area contributed by atoms with Gasteiger partial charge in [0.1, 0.15) is 5.52 Å². The fourth-order valence-corrected chi connectivity index (χ4v) is 4.25. The van der Waals surface area contributed by atoms with Crippen molar-refractivity contribution in [1.29, 1.82) is 0 Å². The van der Waals surface area contributed by atoms with Gasteiger partial charge in [0.2, 0.25) is 0 Å². The predicted molar refractivity (Wildman–Crippen MR) is 117 cm³/mol. The first-order valence-corrected chi connectivity index (χ1v) is 10.3. The summed E-state index contributed by atoms with van der Waals surface area (Å²) < 4.78 is 1.47. The zero-order valence-corrected chi connectivity index (χ0v) is 17.3. The molecule has 0 saturated carbocycles. The predicted octanol–water partition coefficient (Wildman–Crippen LogP) is 3.17. The van der Waals surface area contributed by atoms with Crippen LogP contribution in [-0.4, -0.2) is 46.5 Å². The highest BCUT2D eigenvalue weighted by atomic mass is 16.2. The molecule has 1 aliphatic rings. The number of hydrogen-bond acceptors (Lipinski definition) is 3. The number of carbonyl (C=O) groups is 1. The topological polar surface area (TPSA) is 61.3 Å². The van der Waals surface area contributed by atoms with Crippen LogP contribution in [0.5, 0.6) is 0 Å². The number of fused-ring (bicyclic) bond motifs is 1. The van der Waals surface area contributed by atoms with E-state index in [1.54, 1.807) is 25.5 Å². The van der Waals surface area contributed by atoms with Gasteiger partial charge in [0.25, 0.3) is 11.5 Å². The van der Waals surface area contributed by atoms with E-state index in [9.17, 15) is 9.59 Å². The van der Waals surface area contributed by atoms with Crippen molar-refractivity contribution in [2.45, 2.75) is 32.2 Å². The molecular formula is C23H28N4O2. The smallest absolute Gasteiger partial charge is 0.274 e. The first kappa shape index (κ1) is 19.3. The van der Waals surface area contributed by atoms with Gasteiger partial charge in [-0.15, -0.1) is 0 Å². The third-order valence-corrected chi connectivity index (χ3v) is 6.17. The molecule has 1 fully saturated rings. The van der Waals surface area contributed by atoms with Crippen LogP contribution in [0.4, 0.5) is 5.69 Å². The maximum Gasteiger partial charge on any atom is 0.274 e. The summed E-state index contributed by atoms with van der Waals surface area (Å²) in [7, 11) is 3.56. The van der Waals surface area contributed by atoms with Crippen LogP contribution in [0, 0.1) is 0 Å². The number of carbonyl (C=O) groups excluding carboxylic acids is 1. The molecule has 4 rings (SSSR count). The van der Waals surface area contributed by atoms with E-state index in [4.69, 9.17) is 0 Å². The van der Waals surface area contributed by atoms with Crippen molar-refractivity contribution in [2.24, 2.45) is 7.05 Å². The lowest BCUT2D eigenvalue weighted by atomic mass is 10.0. The Morgan fingerprint density at radius 2 is 1.86 bits per heavy atom. The molecule has 6 nitrogen and oxygen atoms in total. The van der Waals surface area contributed by atoms with Gasteiger partial charge < -0.3 is 19.4 Å². The summed E-state index contributed by atoms with van der Waals surface area (Å²) in [4.78, 5) is 32.7. The quantitative estimate of drug-likeness (QED) is 0.742. The Morgan fingerprint density at radius 3 is 2.52 bits per heavy atom. The molecule has 6 heteroatoms. The zero-order chi connectivity index (χ0) is 20.5. The second-order valence-corrected chi connectivity index (χ2v) is 7.88. The molecule has 1 aliphatic heterocycles. The van der Waals surface area contributed by atoms with Gasteiger partial charge in [-0.25, -0.2) is 0 Å². The first-order chi connectivity index (χ1) is 14.0. The molecule has 1 N–H and O–H groups in total. The molecule has 0 radical (unpaired) electrons. The molecule has 0 spiro atoms. The normalized spacial score (nSPS) is 15.1. The standard InChI is InChI=1S/C23H28N4O2/c1-4-16-5-7-18(8-6-16)27-13-10-17(11-14-27)26(3)22(28)20-15-25(2)23(29)21-19(20)9-12-24-21/h5-9,12,15,17,24H,4,10-11,13-14H2,1-3H3. The van der Waals surface area contributed by atoms with E-state index in [-0.39, 0.29) is 17.5 Å². The van der Waals surface area contributed by atoms with Crippen LogP contribution in [0.2, 0.25) is 0 Å². The molecule has 152 valence electrons. The van der Waals surface area contributed by atoms with Crippen molar-refractivity contribution in [3.8, 4) is 0 Å². The molecule has 0 aliphatic carbocycles. The number of piperidine rings is 1. The summed E-state index contributed by atoms with van der Waals surface area (Å²) in [6.45, 7) is 4.03. The Balaban J connectivity index is 1.48. The van der Waals surface area contributed by atoms with E-state index in [1.165, 1.54) is 15.8 Å². The van der Waals surface area contributed by atoms with Gasteiger partial charge in [-0.2, -0.15) is 0 Å². The van der Waals surface area contributed by atoms with Gasteiger partial charge >= 0.3 is 0 Å². The summed E-state index contributed by atoms with van der Waals surface area (Å²) in [5, 5.41) is 0.693. The van der Waals surface area contributed by atoms with E-state index in [0.29, 0.717) is 16.5 Å². The van der Waals surface area contributed by atoms with E-state index in [0.717, 1.165) is 32.4 Å². The van der Waals surface area contributed by atoms with Crippen LogP contribution in [0.25, 0.3) is 10.9 Å². The van der Waals surface area contributed by atoms with E-state index in [2.05, 4.69) is 41.1 Å². The Kier molecular flexibility index (Phi) is 5.18. The number of pyridine rings is 1. The Morgan fingerprint density at radius 1 is 1.17 bits per heavy atom. The van der Waals surface area contributed by atoms with Crippen molar-refractivity contribution < 1.29 is 4.79 Å². The Labute approximate surface area is 170 Å². The summed E-state index contributed by atoms with van der Waals surface area (Å²) in [5.41, 5.74) is 3.54. The van der Waals surface area contributed by atoms with Gasteiger partial charge in [-0.1, -0.05) is 19.1 Å². The Hall–Kier alpha value is -3.02. The number of nitrogens with one attached hydrogen (secondary N) is 1. The van der Waals surface area contributed by atoms with Crippen molar-refractivity contribution >= 4 is 22.5 Å². The maximum absolute atomic E-state index is 13.2. The number of hydrogen-bond donors (Lipinski definition) is 1. The molecule has 0 unspecified atom stereocenters. The van der Waals surface area contributed by atoms with Crippen LogP contribution >= 0.6 is 0 Å². The minimum Gasteiger partial charge on any atom is -0.371 e. The van der Waals surface area contributed by atoms with Gasteiger partial charge in [-0.3, -0.25) is 9.59 Å². The van der Waals surface area contributed by atoms with Crippen molar-refractivity contribution in [3.63, 3.8) is 0 Å². The third-order valence-electron chi connectivity index (χ3n) is 6.17. The number of amides is 1. The number of rotatable bonds is 4. The van der Waals surface area contributed by atoms with Gasteiger partial charge in [-0.05, 0) is 43.0 Å². The highest BCUT2D eigenvalue weighted by molar-refractivity contribution is 6.05. The average Bonchev–Trinajstić information content (AvgIpc) is 3.26. The van der Waals surface area contributed by atoms with E-state index >= 15 is 0 Å². The minimum absolute atomic E-state index is 0.0315. The van der Waals surface area contributed by atoms with Crippen molar-refractivity contribution in [3.05, 3.63) is 64.2 Å². The maximum atomic E-state index is 13.2. The number of benzene rings is 1. The molecule has 3 heterocycles. The molecular weight excluding hydrogens is 364 g/mol. The lowest BCUT2D eigenvalue weighted by Crippen LogP contribution is -2.45. The van der Waals surface area contributed by atoms with E-state index in [1.807, 2.05) is 11.9 Å². The van der Waals surface area contributed by atoms with Gasteiger partial charge in [0.05, 0.1) is 5.56 Å². The van der Waals surface area contributed by atoms with Crippen molar-refractivity contribution in [2.75, 3.05) is 25.0 Å². The number of aromatic amines is 1. The van der Waals surface area contributed by atoms with Crippen LogP contribution in [-0.2, 0) is 13.5 Å². The molecule has 3 aromatic rings. The zero-order valence-electron chi connectivity index (χ0n) is 17.3. The van der Waals surface area contributed by atoms with Crippen LogP contribution in [0.15, 0.2) is 47.5 Å². The third kappa shape index (κ3) is 3.55. The summed E-state index contributed by atoms with van der Waals surface area (Å²) in [6, 6.07) is 10.8. The monoisotopic (exact) mass is 392 g/mol. The number of H-pyrrole nitrogens is 1. The SMILES string of the molecule is CCc1ccc(N2CCC(N(C)C(=O)c3cn(C)c(=O)c4[nH]ccc34)CC2)cc1. The molecule has 1 aromatic carbocycles. The molecule has 29 heavy (non-hydrogen) atoms. The largest absolute Gasteiger partial charge is 0.371 e. The second kappa shape index (κ2) is 7.78. The lowest BCUT2D eigenvalue weighted by molar-refractivity contribution is 0.0710.